The molecule has 0 aliphatic rings. The van der Waals surface area contributed by atoms with Crippen molar-refractivity contribution in [1.29, 1.82) is 0 Å². The van der Waals surface area contributed by atoms with Crippen molar-refractivity contribution in [1.82, 2.24) is 15.0 Å². The molecule has 3 rings (SSSR count). The smallest absolute Gasteiger partial charge is 0.330 e. The molecule has 0 saturated heterocycles. The van der Waals surface area contributed by atoms with Gasteiger partial charge >= 0.3 is 5.97 Å². The topological polar surface area (TPSA) is 117 Å². The van der Waals surface area contributed by atoms with Gasteiger partial charge in [0.1, 0.15) is 11.0 Å². The van der Waals surface area contributed by atoms with Gasteiger partial charge in [-0.1, -0.05) is 12.1 Å². The highest BCUT2D eigenvalue weighted by molar-refractivity contribution is 5.98. The van der Waals surface area contributed by atoms with Gasteiger partial charge in [0.2, 0.25) is 0 Å². The van der Waals surface area contributed by atoms with E-state index in [4.69, 9.17) is 4.74 Å². The number of nitrogens with zero attached hydrogens (tertiary/aromatic N) is 4. The number of ether oxygens (including phenoxy) is 1. The van der Waals surface area contributed by atoms with Crippen LogP contribution in [0.15, 0.2) is 48.5 Å². The van der Waals surface area contributed by atoms with Crippen LogP contribution in [0.25, 0.3) is 11.0 Å². The molecule has 0 N–H and O–H groups in total. The van der Waals surface area contributed by atoms with Crippen LogP contribution in [0, 0.1) is 10.1 Å². The Morgan fingerprint density at radius 2 is 1.64 bits per heavy atom. The van der Waals surface area contributed by atoms with E-state index in [1.165, 1.54) is 29.1 Å². The molecule has 2 aromatic carbocycles. The summed E-state index contributed by atoms with van der Waals surface area (Å²) in [6.45, 7) is -0.681. The monoisotopic (exact) mass is 340 g/mol. The van der Waals surface area contributed by atoms with Gasteiger partial charge in [-0.15, -0.1) is 0 Å². The lowest BCUT2D eigenvalue weighted by Gasteiger charge is -2.04. The summed E-state index contributed by atoms with van der Waals surface area (Å²) in [4.78, 5) is 35.0. The van der Waals surface area contributed by atoms with Crippen molar-refractivity contribution in [2.45, 2.75) is 6.54 Å². The molecule has 9 heteroatoms. The normalized spacial score (nSPS) is 10.6. The van der Waals surface area contributed by atoms with E-state index < -0.39 is 23.3 Å². The Balaban J connectivity index is 1.56. The van der Waals surface area contributed by atoms with E-state index in [1.807, 2.05) is 12.1 Å². The van der Waals surface area contributed by atoms with Crippen LogP contribution in [-0.2, 0) is 16.1 Å². The number of benzene rings is 2. The maximum absolute atomic E-state index is 11.9. The number of hydrogen-bond donors (Lipinski definition) is 0. The number of carbonyl (C=O) groups excluding carboxylic acids is 2. The van der Waals surface area contributed by atoms with E-state index in [2.05, 4.69) is 10.2 Å². The van der Waals surface area contributed by atoms with Gasteiger partial charge in [0.05, 0.1) is 4.92 Å². The fraction of sp³-hybridized carbons (Fsp3) is 0.125. The minimum atomic E-state index is -0.657. The lowest BCUT2D eigenvalue weighted by Crippen LogP contribution is -2.19. The molecule has 0 aliphatic heterocycles. The van der Waals surface area contributed by atoms with Gasteiger partial charge in [0, 0.05) is 17.7 Å². The summed E-state index contributed by atoms with van der Waals surface area (Å²) in [6.07, 6.45) is 0. The average molecular weight is 340 g/mol. The fourth-order valence-electron chi connectivity index (χ4n) is 2.13. The summed E-state index contributed by atoms with van der Waals surface area (Å²) in [6, 6.07) is 12.2. The molecule has 0 spiro atoms. The SMILES string of the molecule is O=C(Cn1nc2ccccc2n1)OCC(=O)c1ccc([N+](=O)[O-])cc1. The standard InChI is InChI=1S/C16H12N4O5/c21-15(11-5-7-12(8-6-11)20(23)24)10-25-16(22)9-19-17-13-3-1-2-4-14(13)18-19/h1-8H,9-10H2. The first-order chi connectivity index (χ1) is 12.0. The molecular weight excluding hydrogens is 328 g/mol. The highest BCUT2D eigenvalue weighted by atomic mass is 16.6. The Hall–Kier alpha value is -3.62. The average Bonchev–Trinajstić information content (AvgIpc) is 3.01. The van der Waals surface area contributed by atoms with E-state index in [0.717, 1.165) is 0 Å². The van der Waals surface area contributed by atoms with Crippen molar-refractivity contribution in [3.05, 3.63) is 64.2 Å². The number of nitro benzene ring substituents is 1. The predicted molar refractivity (Wildman–Crippen MR) is 85.9 cm³/mol. The predicted octanol–water partition coefficient (Wildman–Crippen LogP) is 1.77. The molecule has 9 nitrogen and oxygen atoms in total. The summed E-state index contributed by atoms with van der Waals surface area (Å²) < 4.78 is 4.91. The second kappa shape index (κ2) is 6.87. The van der Waals surface area contributed by atoms with Crippen LogP contribution in [-0.4, -0.2) is 38.3 Å². The Kier molecular flexibility index (Phi) is 4.46. The number of Topliss-reactive ketones (excluding diaryl/α,β-unsaturated/α-hetero) is 1. The summed E-state index contributed by atoms with van der Waals surface area (Å²) in [5.41, 5.74) is 1.40. The highest BCUT2D eigenvalue weighted by Gasteiger charge is 2.13. The van der Waals surface area contributed by atoms with Crippen LogP contribution in [0.3, 0.4) is 0 Å². The number of nitro groups is 1. The first-order valence-corrected chi connectivity index (χ1v) is 7.26. The molecule has 0 unspecified atom stereocenters. The summed E-state index contributed by atoms with van der Waals surface area (Å²) in [7, 11) is 0. The second-order valence-corrected chi connectivity index (χ2v) is 5.11. The largest absolute Gasteiger partial charge is 0.456 e. The van der Waals surface area contributed by atoms with Crippen molar-refractivity contribution in [3.8, 4) is 0 Å². The first kappa shape index (κ1) is 16.2. The van der Waals surface area contributed by atoms with Gasteiger partial charge in [-0.2, -0.15) is 15.0 Å². The molecule has 0 atom stereocenters. The third-order valence-corrected chi connectivity index (χ3v) is 3.36. The van der Waals surface area contributed by atoms with E-state index in [-0.39, 0.29) is 17.8 Å². The van der Waals surface area contributed by atoms with Crippen molar-refractivity contribution >= 4 is 28.5 Å². The quantitative estimate of drug-likeness (QED) is 0.290. The molecule has 0 amide bonds. The van der Waals surface area contributed by atoms with E-state index in [1.54, 1.807) is 12.1 Å². The van der Waals surface area contributed by atoms with Crippen LogP contribution < -0.4 is 0 Å². The van der Waals surface area contributed by atoms with Crippen LogP contribution in [0.5, 0.6) is 0 Å². The number of non-ortho nitro benzene ring substituents is 1. The minimum Gasteiger partial charge on any atom is -0.456 e. The Labute approximate surface area is 141 Å². The first-order valence-electron chi connectivity index (χ1n) is 7.26. The van der Waals surface area contributed by atoms with Crippen LogP contribution in [0.1, 0.15) is 10.4 Å². The molecule has 0 radical (unpaired) electrons. The van der Waals surface area contributed by atoms with Gasteiger partial charge in [-0.3, -0.25) is 14.9 Å². The molecular formula is C16H12N4O5. The zero-order chi connectivity index (χ0) is 17.8. The molecule has 126 valence electrons. The van der Waals surface area contributed by atoms with E-state index >= 15 is 0 Å². The minimum absolute atomic E-state index is 0.120. The molecule has 0 bridgehead atoms. The van der Waals surface area contributed by atoms with Gasteiger partial charge in [-0.25, -0.2) is 4.79 Å². The second-order valence-electron chi connectivity index (χ2n) is 5.11. The number of carbonyl (C=O) groups is 2. The van der Waals surface area contributed by atoms with Crippen molar-refractivity contribution < 1.29 is 19.2 Å². The van der Waals surface area contributed by atoms with Gasteiger partial charge in [0.15, 0.2) is 18.9 Å². The van der Waals surface area contributed by atoms with Crippen molar-refractivity contribution in [3.63, 3.8) is 0 Å². The number of rotatable bonds is 6. The molecule has 25 heavy (non-hydrogen) atoms. The summed E-state index contributed by atoms with van der Waals surface area (Å²) in [5.74, 6) is -1.11. The van der Waals surface area contributed by atoms with E-state index in [9.17, 15) is 19.7 Å². The van der Waals surface area contributed by atoms with Crippen molar-refractivity contribution in [2.24, 2.45) is 0 Å². The van der Waals surface area contributed by atoms with Gasteiger partial charge in [0.25, 0.3) is 5.69 Å². The zero-order valence-corrected chi connectivity index (χ0v) is 12.9. The molecule has 0 fully saturated rings. The lowest BCUT2D eigenvalue weighted by molar-refractivity contribution is -0.384. The number of esters is 1. The van der Waals surface area contributed by atoms with Crippen LogP contribution in [0.2, 0.25) is 0 Å². The van der Waals surface area contributed by atoms with Crippen molar-refractivity contribution in [2.75, 3.05) is 6.61 Å². The third kappa shape index (κ3) is 3.83. The lowest BCUT2D eigenvalue weighted by atomic mass is 10.1. The number of fused-ring (bicyclic) bond motifs is 1. The number of aromatic nitrogens is 3. The van der Waals surface area contributed by atoms with E-state index in [0.29, 0.717) is 11.0 Å². The Morgan fingerprint density at radius 3 is 2.20 bits per heavy atom. The fourth-order valence-corrected chi connectivity index (χ4v) is 2.13. The van der Waals surface area contributed by atoms with Gasteiger partial charge < -0.3 is 4.74 Å². The highest BCUT2D eigenvalue weighted by Crippen LogP contribution is 2.12. The zero-order valence-electron chi connectivity index (χ0n) is 12.9. The number of hydrogen-bond acceptors (Lipinski definition) is 7. The molecule has 0 saturated carbocycles. The maximum Gasteiger partial charge on any atom is 0.330 e. The maximum atomic E-state index is 11.9. The molecule has 1 heterocycles. The third-order valence-electron chi connectivity index (χ3n) is 3.36. The summed E-state index contributed by atoms with van der Waals surface area (Å²) in [5, 5.41) is 18.8. The Bertz CT molecular complexity index is 916. The molecule has 3 aromatic rings. The molecule has 1 aromatic heterocycles. The van der Waals surface area contributed by atoms with Crippen LogP contribution in [0.4, 0.5) is 5.69 Å². The number of ketones is 1. The molecule has 0 aliphatic carbocycles. The Morgan fingerprint density at radius 1 is 1.04 bits per heavy atom. The summed E-state index contributed by atoms with van der Waals surface area (Å²) >= 11 is 0. The van der Waals surface area contributed by atoms with Crippen LogP contribution >= 0.6 is 0 Å². The van der Waals surface area contributed by atoms with Gasteiger partial charge in [-0.05, 0) is 24.3 Å².